The van der Waals surface area contributed by atoms with E-state index in [-0.39, 0.29) is 10.6 Å². The molecule has 0 bridgehead atoms. The Morgan fingerprint density at radius 2 is 2.31 bits per heavy atom. The van der Waals surface area contributed by atoms with Crippen molar-refractivity contribution in [3.63, 3.8) is 0 Å². The highest BCUT2D eigenvalue weighted by Gasteiger charge is 2.21. The lowest BCUT2D eigenvalue weighted by Crippen LogP contribution is -1.96. The third kappa shape index (κ3) is 1.24. The molecule has 0 saturated carbocycles. The van der Waals surface area contributed by atoms with Gasteiger partial charge in [0, 0.05) is 12.6 Å². The topological polar surface area (TPSA) is 55.2 Å². The van der Waals surface area contributed by atoms with Gasteiger partial charge in [0.25, 0.3) is 5.69 Å². The Morgan fingerprint density at radius 1 is 1.54 bits per heavy atom. The molecular weight excluding hydrogens is 168 g/mol. The molecule has 0 radical (unpaired) electrons. The molecule has 13 heavy (non-hydrogen) atoms. The molecule has 1 aliphatic rings. The van der Waals surface area contributed by atoms with E-state index in [0.29, 0.717) is 5.69 Å². The highest BCUT2D eigenvalue weighted by molar-refractivity contribution is 5.70. The van der Waals surface area contributed by atoms with Crippen molar-refractivity contribution in [1.82, 2.24) is 0 Å². The van der Waals surface area contributed by atoms with Crippen molar-refractivity contribution in [2.24, 2.45) is 0 Å². The van der Waals surface area contributed by atoms with Crippen LogP contribution in [0.3, 0.4) is 0 Å². The first-order chi connectivity index (χ1) is 6.18. The van der Waals surface area contributed by atoms with Crippen LogP contribution in [0.25, 0.3) is 0 Å². The highest BCUT2D eigenvalue weighted by atomic mass is 16.6. The van der Waals surface area contributed by atoms with Gasteiger partial charge in [-0.2, -0.15) is 0 Å². The summed E-state index contributed by atoms with van der Waals surface area (Å²) in [7, 11) is 0. The van der Waals surface area contributed by atoms with Gasteiger partial charge in [0.15, 0.2) is 0 Å². The number of hydrogen-bond donors (Lipinski definition) is 1. The average Bonchev–Trinajstić information content (AvgIpc) is 2.49. The van der Waals surface area contributed by atoms with Crippen LogP contribution in [-0.4, -0.2) is 11.5 Å². The van der Waals surface area contributed by atoms with Crippen molar-refractivity contribution >= 4 is 11.4 Å². The monoisotopic (exact) mass is 178 g/mol. The van der Waals surface area contributed by atoms with Gasteiger partial charge in [0.2, 0.25) is 0 Å². The zero-order chi connectivity index (χ0) is 9.42. The summed E-state index contributed by atoms with van der Waals surface area (Å²) in [4.78, 5) is 10.3. The van der Waals surface area contributed by atoms with Gasteiger partial charge in [-0.3, -0.25) is 10.1 Å². The largest absolute Gasteiger partial charge is 0.379 e. The van der Waals surface area contributed by atoms with Crippen molar-refractivity contribution in [2.75, 3.05) is 11.9 Å². The van der Waals surface area contributed by atoms with Crippen LogP contribution in [-0.2, 0) is 6.42 Å². The zero-order valence-electron chi connectivity index (χ0n) is 7.33. The highest BCUT2D eigenvalue weighted by Crippen LogP contribution is 2.33. The normalized spacial score (nSPS) is 13.6. The average molecular weight is 178 g/mol. The van der Waals surface area contributed by atoms with Gasteiger partial charge >= 0.3 is 0 Å². The molecule has 1 heterocycles. The fourth-order valence-electron chi connectivity index (χ4n) is 1.71. The third-order valence-corrected chi connectivity index (χ3v) is 2.24. The first-order valence-electron chi connectivity index (χ1n) is 4.20. The number of nitro groups is 1. The minimum Gasteiger partial charge on any atom is -0.379 e. The second kappa shape index (κ2) is 2.73. The number of hydrogen-bond acceptors (Lipinski definition) is 3. The van der Waals surface area contributed by atoms with E-state index in [2.05, 4.69) is 5.32 Å². The first kappa shape index (κ1) is 8.04. The first-order valence-corrected chi connectivity index (χ1v) is 4.20. The molecule has 68 valence electrons. The Labute approximate surface area is 75.7 Å². The summed E-state index contributed by atoms with van der Waals surface area (Å²) in [5, 5.41) is 13.7. The number of rotatable bonds is 1. The molecule has 1 aliphatic heterocycles. The Morgan fingerprint density at radius 3 is 3.00 bits per heavy atom. The summed E-state index contributed by atoms with van der Waals surface area (Å²) in [5.74, 6) is 0. The maximum atomic E-state index is 10.7. The van der Waals surface area contributed by atoms with Crippen LogP contribution in [0.1, 0.15) is 11.1 Å². The second-order valence-electron chi connectivity index (χ2n) is 3.25. The van der Waals surface area contributed by atoms with E-state index in [0.717, 1.165) is 24.1 Å². The van der Waals surface area contributed by atoms with Crippen molar-refractivity contribution in [3.05, 3.63) is 33.4 Å². The number of nitrogens with one attached hydrogen (secondary N) is 1. The van der Waals surface area contributed by atoms with Crippen LogP contribution in [0.4, 0.5) is 11.4 Å². The third-order valence-electron chi connectivity index (χ3n) is 2.24. The summed E-state index contributed by atoms with van der Waals surface area (Å²) in [6.07, 6.45) is 0.887. The number of nitro benzene ring substituents is 1. The Balaban J connectivity index is 2.62. The molecule has 0 atom stereocenters. The van der Waals surface area contributed by atoms with E-state index in [4.69, 9.17) is 0 Å². The standard InChI is InChI=1S/C9H10N2O2/c1-6-4-7-2-3-10-9(7)8(5-6)11(12)13/h4-5,10H,2-3H2,1H3. The summed E-state index contributed by atoms with van der Waals surface area (Å²) in [6, 6.07) is 3.61. The number of nitrogens with zero attached hydrogens (tertiary/aromatic N) is 1. The molecule has 1 N–H and O–H groups in total. The van der Waals surface area contributed by atoms with E-state index in [1.54, 1.807) is 6.07 Å². The summed E-state index contributed by atoms with van der Waals surface area (Å²) >= 11 is 0. The molecule has 0 aromatic heterocycles. The van der Waals surface area contributed by atoms with E-state index >= 15 is 0 Å². The number of aryl methyl sites for hydroxylation is 1. The molecule has 1 aromatic rings. The van der Waals surface area contributed by atoms with Gasteiger partial charge in [-0.15, -0.1) is 0 Å². The molecular formula is C9H10N2O2. The molecule has 0 aliphatic carbocycles. The van der Waals surface area contributed by atoms with Crippen molar-refractivity contribution in [1.29, 1.82) is 0 Å². The molecule has 2 rings (SSSR count). The minimum absolute atomic E-state index is 0.201. The summed E-state index contributed by atoms with van der Waals surface area (Å²) in [6.45, 7) is 2.69. The van der Waals surface area contributed by atoms with Gasteiger partial charge in [0.05, 0.1) is 4.92 Å². The summed E-state index contributed by atoms with van der Waals surface area (Å²) in [5.41, 5.74) is 2.92. The zero-order valence-corrected chi connectivity index (χ0v) is 7.33. The lowest BCUT2D eigenvalue weighted by Gasteiger charge is -2.02. The summed E-state index contributed by atoms with van der Waals surface area (Å²) < 4.78 is 0. The second-order valence-corrected chi connectivity index (χ2v) is 3.25. The van der Waals surface area contributed by atoms with E-state index in [1.807, 2.05) is 13.0 Å². The fourth-order valence-corrected chi connectivity index (χ4v) is 1.71. The van der Waals surface area contributed by atoms with Crippen LogP contribution >= 0.6 is 0 Å². The number of benzene rings is 1. The van der Waals surface area contributed by atoms with Gasteiger partial charge < -0.3 is 5.32 Å². The van der Waals surface area contributed by atoms with Crippen molar-refractivity contribution < 1.29 is 4.92 Å². The molecule has 4 heteroatoms. The van der Waals surface area contributed by atoms with E-state index in [9.17, 15) is 10.1 Å². The van der Waals surface area contributed by atoms with Crippen LogP contribution < -0.4 is 5.32 Å². The Kier molecular flexibility index (Phi) is 1.69. The van der Waals surface area contributed by atoms with Crippen LogP contribution in [0, 0.1) is 17.0 Å². The van der Waals surface area contributed by atoms with Crippen LogP contribution in [0.15, 0.2) is 12.1 Å². The number of fused-ring (bicyclic) bond motifs is 1. The molecule has 0 unspecified atom stereocenters. The molecule has 1 aromatic carbocycles. The molecule has 4 nitrogen and oxygen atoms in total. The van der Waals surface area contributed by atoms with Crippen LogP contribution in [0.2, 0.25) is 0 Å². The van der Waals surface area contributed by atoms with E-state index in [1.165, 1.54) is 0 Å². The maximum Gasteiger partial charge on any atom is 0.292 e. The van der Waals surface area contributed by atoms with Gasteiger partial charge in [-0.25, -0.2) is 0 Å². The van der Waals surface area contributed by atoms with Crippen molar-refractivity contribution in [3.8, 4) is 0 Å². The fraction of sp³-hybridized carbons (Fsp3) is 0.333. The van der Waals surface area contributed by atoms with E-state index < -0.39 is 0 Å². The molecule has 0 amide bonds. The molecule has 0 spiro atoms. The van der Waals surface area contributed by atoms with Gasteiger partial charge in [-0.1, -0.05) is 6.07 Å². The smallest absolute Gasteiger partial charge is 0.292 e. The predicted molar refractivity (Wildman–Crippen MR) is 50.0 cm³/mol. The Bertz CT molecular complexity index is 374. The Hall–Kier alpha value is -1.58. The van der Waals surface area contributed by atoms with Crippen molar-refractivity contribution in [2.45, 2.75) is 13.3 Å². The molecule has 0 fully saturated rings. The molecule has 0 saturated heterocycles. The minimum atomic E-state index is -0.329. The lowest BCUT2D eigenvalue weighted by molar-refractivity contribution is -0.384. The van der Waals surface area contributed by atoms with Gasteiger partial charge in [0.1, 0.15) is 5.69 Å². The SMILES string of the molecule is Cc1cc2c(c([N+](=O)[O-])c1)NCC2. The predicted octanol–water partition coefficient (Wildman–Crippen LogP) is 1.87. The maximum absolute atomic E-state index is 10.7. The quantitative estimate of drug-likeness (QED) is 0.527. The van der Waals surface area contributed by atoms with Crippen LogP contribution in [0.5, 0.6) is 0 Å². The lowest BCUT2D eigenvalue weighted by atomic mass is 10.1. The number of anilines is 1. The van der Waals surface area contributed by atoms with Gasteiger partial charge in [-0.05, 0) is 24.5 Å².